The topological polar surface area (TPSA) is 76.5 Å². The highest BCUT2D eigenvalue weighted by Gasteiger charge is 2.23. The normalized spacial score (nSPS) is 12.2. The van der Waals surface area contributed by atoms with E-state index in [1.807, 2.05) is 0 Å². The van der Waals surface area contributed by atoms with Gasteiger partial charge in [-0.15, -0.1) is 11.3 Å². The standard InChI is InChI=1S/C10H11BrN2O3S2/c1-13(5-8-2-3-9(11)16-8)18(14,15)10-4-7(12)6-17-10/h2-4,6H,5,12H2,1H3. The van der Waals surface area contributed by atoms with Crippen LogP contribution in [-0.2, 0) is 16.6 Å². The molecule has 0 saturated heterocycles. The van der Waals surface area contributed by atoms with E-state index < -0.39 is 10.0 Å². The van der Waals surface area contributed by atoms with E-state index in [0.29, 0.717) is 16.1 Å². The van der Waals surface area contributed by atoms with Gasteiger partial charge in [-0.2, -0.15) is 4.31 Å². The fourth-order valence-electron chi connectivity index (χ4n) is 1.36. The smallest absolute Gasteiger partial charge is 0.252 e. The van der Waals surface area contributed by atoms with Crippen molar-refractivity contribution in [2.45, 2.75) is 10.8 Å². The number of nitrogens with two attached hydrogens (primary N) is 1. The number of rotatable bonds is 4. The first kappa shape index (κ1) is 13.6. The number of furan rings is 1. The zero-order chi connectivity index (χ0) is 13.3. The Morgan fingerprint density at radius 3 is 2.72 bits per heavy atom. The van der Waals surface area contributed by atoms with Gasteiger partial charge in [-0.05, 0) is 34.1 Å². The predicted octanol–water partition coefficient (Wildman–Crippen LogP) is 2.51. The highest BCUT2D eigenvalue weighted by molar-refractivity contribution is 9.10. The van der Waals surface area contributed by atoms with Crippen molar-refractivity contribution in [1.29, 1.82) is 0 Å². The third kappa shape index (κ3) is 2.77. The van der Waals surface area contributed by atoms with Crippen molar-refractivity contribution in [2.75, 3.05) is 12.8 Å². The number of hydrogen-bond donors (Lipinski definition) is 1. The van der Waals surface area contributed by atoms with Crippen LogP contribution in [0.15, 0.2) is 36.9 Å². The number of thiophene rings is 1. The number of nitrogen functional groups attached to an aromatic ring is 1. The zero-order valence-corrected chi connectivity index (χ0v) is 12.7. The molecule has 0 aliphatic rings. The van der Waals surface area contributed by atoms with Gasteiger partial charge in [-0.25, -0.2) is 8.42 Å². The first-order valence-electron chi connectivity index (χ1n) is 4.94. The molecule has 0 aromatic carbocycles. The Bertz CT molecular complexity index is 648. The van der Waals surface area contributed by atoms with Gasteiger partial charge in [0, 0.05) is 18.1 Å². The van der Waals surface area contributed by atoms with Gasteiger partial charge in [0.25, 0.3) is 10.0 Å². The van der Waals surface area contributed by atoms with Gasteiger partial charge in [-0.1, -0.05) is 0 Å². The minimum Gasteiger partial charge on any atom is -0.453 e. The summed E-state index contributed by atoms with van der Waals surface area (Å²) >= 11 is 4.28. The van der Waals surface area contributed by atoms with Crippen LogP contribution < -0.4 is 5.73 Å². The molecule has 0 unspecified atom stereocenters. The van der Waals surface area contributed by atoms with Crippen LogP contribution in [0.2, 0.25) is 0 Å². The number of nitrogens with zero attached hydrogens (tertiary/aromatic N) is 1. The lowest BCUT2D eigenvalue weighted by molar-refractivity contribution is 0.399. The molecule has 0 spiro atoms. The van der Waals surface area contributed by atoms with Gasteiger partial charge >= 0.3 is 0 Å². The molecular weight excluding hydrogens is 340 g/mol. The molecule has 0 amide bonds. The summed E-state index contributed by atoms with van der Waals surface area (Å²) in [4.78, 5) is 0. The predicted molar refractivity (Wildman–Crippen MR) is 73.8 cm³/mol. The molecule has 2 aromatic rings. The molecule has 0 bridgehead atoms. The van der Waals surface area contributed by atoms with Gasteiger partial charge < -0.3 is 10.2 Å². The van der Waals surface area contributed by atoms with Crippen LogP contribution in [0.5, 0.6) is 0 Å². The summed E-state index contributed by atoms with van der Waals surface area (Å²) in [7, 11) is -2.01. The molecule has 2 rings (SSSR count). The molecule has 98 valence electrons. The van der Waals surface area contributed by atoms with E-state index in [2.05, 4.69) is 15.9 Å². The summed E-state index contributed by atoms with van der Waals surface area (Å²) in [6.07, 6.45) is 0. The van der Waals surface area contributed by atoms with Crippen molar-refractivity contribution in [1.82, 2.24) is 4.31 Å². The summed E-state index contributed by atoms with van der Waals surface area (Å²) in [5.74, 6) is 0.567. The van der Waals surface area contributed by atoms with Crippen molar-refractivity contribution < 1.29 is 12.8 Å². The van der Waals surface area contributed by atoms with Crippen LogP contribution in [0.3, 0.4) is 0 Å². The van der Waals surface area contributed by atoms with Crippen LogP contribution in [-0.4, -0.2) is 19.8 Å². The summed E-state index contributed by atoms with van der Waals surface area (Å²) in [6.45, 7) is 0.172. The van der Waals surface area contributed by atoms with Crippen LogP contribution in [0, 0.1) is 0 Å². The van der Waals surface area contributed by atoms with Gasteiger partial charge in [0.1, 0.15) is 9.97 Å². The first-order chi connectivity index (χ1) is 8.39. The molecule has 18 heavy (non-hydrogen) atoms. The molecule has 0 aliphatic carbocycles. The second-order valence-corrected chi connectivity index (χ2v) is 7.63. The number of anilines is 1. The monoisotopic (exact) mass is 350 g/mol. The third-order valence-corrected chi connectivity index (χ3v) is 5.93. The maximum Gasteiger partial charge on any atom is 0.252 e. The van der Waals surface area contributed by atoms with Crippen LogP contribution in [0.25, 0.3) is 0 Å². The van der Waals surface area contributed by atoms with E-state index in [-0.39, 0.29) is 10.8 Å². The highest BCUT2D eigenvalue weighted by atomic mass is 79.9. The van der Waals surface area contributed by atoms with Crippen LogP contribution >= 0.6 is 27.3 Å². The number of hydrogen-bond acceptors (Lipinski definition) is 5. The molecular formula is C10H11BrN2O3S2. The van der Waals surface area contributed by atoms with Crippen molar-refractivity contribution in [2.24, 2.45) is 0 Å². The Morgan fingerprint density at radius 1 is 1.50 bits per heavy atom. The summed E-state index contributed by atoms with van der Waals surface area (Å²) in [5.41, 5.74) is 5.99. The average Bonchev–Trinajstić information content (AvgIpc) is 2.88. The average molecular weight is 351 g/mol. The van der Waals surface area contributed by atoms with E-state index in [4.69, 9.17) is 10.2 Å². The van der Waals surface area contributed by atoms with Crippen molar-refractivity contribution in [3.63, 3.8) is 0 Å². The molecule has 2 heterocycles. The number of sulfonamides is 1. The Kier molecular flexibility index (Phi) is 3.81. The Balaban J connectivity index is 2.20. The van der Waals surface area contributed by atoms with E-state index in [0.717, 1.165) is 11.3 Å². The Labute approximate surface area is 117 Å². The largest absolute Gasteiger partial charge is 0.453 e. The first-order valence-corrected chi connectivity index (χ1v) is 8.05. The van der Waals surface area contributed by atoms with Gasteiger partial charge in [-0.3, -0.25) is 0 Å². The van der Waals surface area contributed by atoms with Crippen LogP contribution in [0.4, 0.5) is 5.69 Å². The minimum atomic E-state index is -3.51. The van der Waals surface area contributed by atoms with Crippen molar-refractivity contribution >= 4 is 43.0 Å². The maximum atomic E-state index is 12.2. The lowest BCUT2D eigenvalue weighted by Crippen LogP contribution is -2.25. The Hall–Kier alpha value is -0.830. The molecule has 0 radical (unpaired) electrons. The molecule has 0 fully saturated rings. The molecule has 2 N–H and O–H groups in total. The van der Waals surface area contributed by atoms with E-state index >= 15 is 0 Å². The summed E-state index contributed by atoms with van der Waals surface area (Å²) in [5, 5.41) is 1.60. The highest BCUT2D eigenvalue weighted by Crippen LogP contribution is 2.25. The van der Waals surface area contributed by atoms with E-state index in [1.54, 1.807) is 17.5 Å². The van der Waals surface area contributed by atoms with E-state index in [9.17, 15) is 8.42 Å². The van der Waals surface area contributed by atoms with Crippen molar-refractivity contribution in [3.8, 4) is 0 Å². The molecule has 0 atom stereocenters. The fourth-order valence-corrected chi connectivity index (χ4v) is 4.13. The lowest BCUT2D eigenvalue weighted by Gasteiger charge is -2.14. The number of halogens is 1. The maximum absolute atomic E-state index is 12.2. The zero-order valence-electron chi connectivity index (χ0n) is 9.46. The molecule has 2 aromatic heterocycles. The van der Waals surface area contributed by atoms with E-state index in [1.165, 1.54) is 17.4 Å². The quantitative estimate of drug-likeness (QED) is 0.918. The summed E-state index contributed by atoms with van der Waals surface area (Å²) < 4.78 is 31.7. The van der Waals surface area contributed by atoms with Gasteiger partial charge in [0.15, 0.2) is 4.67 Å². The fraction of sp³-hybridized carbons (Fsp3) is 0.200. The van der Waals surface area contributed by atoms with Crippen LogP contribution in [0.1, 0.15) is 5.76 Å². The lowest BCUT2D eigenvalue weighted by atomic mass is 10.4. The SMILES string of the molecule is CN(Cc1ccc(Br)o1)S(=O)(=O)c1cc(N)cs1. The van der Waals surface area contributed by atoms with Gasteiger partial charge in [0.2, 0.25) is 0 Å². The second kappa shape index (κ2) is 5.04. The molecule has 0 aliphatic heterocycles. The minimum absolute atomic E-state index is 0.172. The van der Waals surface area contributed by atoms with Crippen molar-refractivity contribution in [3.05, 3.63) is 34.0 Å². The molecule has 0 saturated carbocycles. The third-order valence-electron chi connectivity index (χ3n) is 2.27. The molecule has 5 nitrogen and oxygen atoms in total. The Morgan fingerprint density at radius 2 is 2.22 bits per heavy atom. The second-order valence-electron chi connectivity index (χ2n) is 3.67. The summed E-state index contributed by atoms with van der Waals surface area (Å²) in [6, 6.07) is 4.90. The van der Waals surface area contributed by atoms with Gasteiger partial charge in [0.05, 0.1) is 6.54 Å². The molecule has 8 heteroatoms.